The fourth-order valence-corrected chi connectivity index (χ4v) is 2.38. The van der Waals surface area contributed by atoms with Crippen molar-refractivity contribution in [2.75, 3.05) is 25.6 Å². The molecule has 4 rings (SSSR count). The fourth-order valence-electron chi connectivity index (χ4n) is 2.38. The minimum atomic E-state index is 0.252. The van der Waals surface area contributed by atoms with E-state index in [1.165, 1.54) is 0 Å². The summed E-state index contributed by atoms with van der Waals surface area (Å²) in [6.07, 6.45) is 1.68. The number of aromatic nitrogens is 4. The fraction of sp³-hybridized carbons (Fsp3) is 0.267. The molecule has 0 unspecified atom stereocenters. The first-order valence-corrected chi connectivity index (χ1v) is 7.04. The molecule has 0 saturated carbocycles. The summed E-state index contributed by atoms with van der Waals surface area (Å²) in [6.45, 7) is 1.33. The summed E-state index contributed by atoms with van der Waals surface area (Å²) in [5.74, 6) is 2.91. The third kappa shape index (κ3) is 2.15. The van der Waals surface area contributed by atoms with Gasteiger partial charge in [-0.25, -0.2) is 9.97 Å². The van der Waals surface area contributed by atoms with E-state index in [9.17, 15) is 0 Å². The van der Waals surface area contributed by atoms with Gasteiger partial charge in [0.05, 0.1) is 38.0 Å². The Kier molecular flexibility index (Phi) is 3.12. The van der Waals surface area contributed by atoms with Gasteiger partial charge in [-0.3, -0.25) is 5.10 Å². The number of para-hydroxylation sites is 1. The molecule has 7 nitrogen and oxygen atoms in total. The number of hydrogen-bond acceptors (Lipinski definition) is 6. The predicted octanol–water partition coefficient (Wildman–Crippen LogP) is 2.22. The van der Waals surface area contributed by atoms with Gasteiger partial charge in [0, 0.05) is 5.39 Å². The average molecular weight is 297 g/mol. The Morgan fingerprint density at radius 1 is 1.27 bits per heavy atom. The monoisotopic (exact) mass is 297 g/mol. The van der Waals surface area contributed by atoms with Crippen molar-refractivity contribution in [3.8, 4) is 5.75 Å². The number of aromatic amines is 1. The number of hydrogen-bond donors (Lipinski definition) is 2. The SMILES string of the molecule is COc1cnc(C2COC2)nc1Nc1n[nH]c2ccccc12. The Morgan fingerprint density at radius 3 is 2.91 bits per heavy atom. The molecule has 0 radical (unpaired) electrons. The molecule has 0 atom stereocenters. The van der Waals surface area contributed by atoms with E-state index in [-0.39, 0.29) is 5.92 Å². The van der Waals surface area contributed by atoms with E-state index < -0.39 is 0 Å². The standard InChI is InChI=1S/C15H15N5O2/c1-21-12-6-16-13(9-7-22-8-9)17-15(12)18-14-10-4-2-3-5-11(10)19-20-14/h2-6,9H,7-8H2,1H3,(H2,16,17,18,19,20). The van der Waals surface area contributed by atoms with Gasteiger partial charge in [0.15, 0.2) is 17.4 Å². The molecule has 0 spiro atoms. The Morgan fingerprint density at radius 2 is 2.14 bits per heavy atom. The molecule has 1 aliphatic rings. The maximum absolute atomic E-state index is 5.34. The van der Waals surface area contributed by atoms with Gasteiger partial charge >= 0.3 is 0 Å². The number of methoxy groups -OCH3 is 1. The van der Waals surface area contributed by atoms with Crippen molar-refractivity contribution in [3.05, 3.63) is 36.3 Å². The highest BCUT2D eigenvalue weighted by atomic mass is 16.5. The topological polar surface area (TPSA) is 84.9 Å². The van der Waals surface area contributed by atoms with Crippen LogP contribution >= 0.6 is 0 Å². The van der Waals surface area contributed by atoms with Crippen LogP contribution in [0.4, 0.5) is 11.6 Å². The van der Waals surface area contributed by atoms with Crippen molar-refractivity contribution in [1.29, 1.82) is 0 Å². The highest BCUT2D eigenvalue weighted by Crippen LogP contribution is 2.30. The minimum Gasteiger partial charge on any atom is -0.491 e. The Hall–Kier alpha value is -2.67. The number of nitrogens with one attached hydrogen (secondary N) is 2. The van der Waals surface area contributed by atoms with E-state index in [2.05, 4.69) is 25.5 Å². The molecule has 3 aromatic rings. The first kappa shape index (κ1) is 13.0. The minimum absolute atomic E-state index is 0.252. The average Bonchev–Trinajstić information content (AvgIpc) is 2.89. The summed E-state index contributed by atoms with van der Waals surface area (Å²) in [5, 5.41) is 11.5. The molecule has 0 amide bonds. The first-order chi connectivity index (χ1) is 10.8. The molecule has 1 fully saturated rings. The van der Waals surface area contributed by atoms with Crippen LogP contribution in [0.15, 0.2) is 30.5 Å². The number of nitrogens with zero attached hydrogens (tertiary/aromatic N) is 3. The van der Waals surface area contributed by atoms with Crippen LogP contribution in [0, 0.1) is 0 Å². The van der Waals surface area contributed by atoms with Crippen LogP contribution in [0.3, 0.4) is 0 Å². The van der Waals surface area contributed by atoms with E-state index in [4.69, 9.17) is 9.47 Å². The molecule has 2 aromatic heterocycles. The zero-order chi connectivity index (χ0) is 14.9. The predicted molar refractivity (Wildman–Crippen MR) is 81.5 cm³/mol. The van der Waals surface area contributed by atoms with E-state index in [1.807, 2.05) is 24.3 Å². The summed E-state index contributed by atoms with van der Waals surface area (Å²) < 4.78 is 10.5. The molecule has 22 heavy (non-hydrogen) atoms. The van der Waals surface area contributed by atoms with Gasteiger partial charge in [0.1, 0.15) is 5.82 Å². The molecule has 1 aliphatic heterocycles. The largest absolute Gasteiger partial charge is 0.491 e. The lowest BCUT2D eigenvalue weighted by molar-refractivity contribution is 0.00486. The summed E-state index contributed by atoms with van der Waals surface area (Å²) in [5.41, 5.74) is 0.964. The molecule has 7 heteroatoms. The zero-order valence-corrected chi connectivity index (χ0v) is 12.0. The van der Waals surface area contributed by atoms with Gasteiger partial charge in [-0.05, 0) is 12.1 Å². The molecule has 2 N–H and O–H groups in total. The van der Waals surface area contributed by atoms with E-state index in [1.54, 1.807) is 13.3 Å². The van der Waals surface area contributed by atoms with Crippen molar-refractivity contribution in [2.45, 2.75) is 5.92 Å². The number of rotatable bonds is 4. The van der Waals surface area contributed by atoms with Crippen LogP contribution in [0.25, 0.3) is 10.9 Å². The summed E-state index contributed by atoms with van der Waals surface area (Å²) in [4.78, 5) is 8.91. The van der Waals surface area contributed by atoms with Crippen LogP contribution in [0.5, 0.6) is 5.75 Å². The Balaban J connectivity index is 1.71. The third-order valence-electron chi connectivity index (χ3n) is 3.70. The summed E-state index contributed by atoms with van der Waals surface area (Å²) in [7, 11) is 1.60. The van der Waals surface area contributed by atoms with E-state index in [0.717, 1.165) is 16.7 Å². The molecule has 1 saturated heterocycles. The normalized spacial score (nSPS) is 14.8. The van der Waals surface area contributed by atoms with Crippen molar-refractivity contribution < 1.29 is 9.47 Å². The summed E-state index contributed by atoms with van der Waals surface area (Å²) >= 11 is 0. The molecule has 0 aliphatic carbocycles. The quantitative estimate of drug-likeness (QED) is 0.768. The van der Waals surface area contributed by atoms with Crippen LogP contribution in [-0.2, 0) is 4.74 Å². The second-order valence-corrected chi connectivity index (χ2v) is 5.12. The third-order valence-corrected chi connectivity index (χ3v) is 3.70. The van der Waals surface area contributed by atoms with Gasteiger partial charge in [-0.1, -0.05) is 12.1 Å². The van der Waals surface area contributed by atoms with E-state index >= 15 is 0 Å². The van der Waals surface area contributed by atoms with Gasteiger partial charge in [0.2, 0.25) is 0 Å². The Bertz CT molecular complexity index is 813. The highest BCUT2D eigenvalue weighted by Gasteiger charge is 2.24. The van der Waals surface area contributed by atoms with Gasteiger partial charge < -0.3 is 14.8 Å². The van der Waals surface area contributed by atoms with Crippen molar-refractivity contribution in [3.63, 3.8) is 0 Å². The van der Waals surface area contributed by atoms with Gasteiger partial charge in [-0.15, -0.1) is 0 Å². The lowest BCUT2D eigenvalue weighted by atomic mass is 10.1. The highest BCUT2D eigenvalue weighted by molar-refractivity contribution is 5.91. The van der Waals surface area contributed by atoms with Crippen LogP contribution in [-0.4, -0.2) is 40.5 Å². The van der Waals surface area contributed by atoms with Crippen LogP contribution in [0.1, 0.15) is 11.7 Å². The number of ether oxygens (including phenoxy) is 2. The molecule has 112 valence electrons. The number of fused-ring (bicyclic) bond motifs is 1. The first-order valence-electron chi connectivity index (χ1n) is 7.04. The van der Waals surface area contributed by atoms with E-state index in [0.29, 0.717) is 30.6 Å². The second-order valence-electron chi connectivity index (χ2n) is 5.12. The maximum Gasteiger partial charge on any atom is 0.179 e. The number of H-pyrrole nitrogens is 1. The van der Waals surface area contributed by atoms with Crippen molar-refractivity contribution >= 4 is 22.5 Å². The summed E-state index contributed by atoms with van der Waals surface area (Å²) in [6, 6.07) is 7.90. The van der Waals surface area contributed by atoms with Crippen molar-refractivity contribution in [1.82, 2.24) is 20.2 Å². The van der Waals surface area contributed by atoms with Gasteiger partial charge in [0.25, 0.3) is 0 Å². The van der Waals surface area contributed by atoms with Crippen molar-refractivity contribution in [2.24, 2.45) is 0 Å². The lowest BCUT2D eigenvalue weighted by Crippen LogP contribution is -2.27. The molecular weight excluding hydrogens is 282 g/mol. The van der Waals surface area contributed by atoms with Gasteiger partial charge in [-0.2, -0.15) is 5.10 Å². The number of anilines is 2. The Labute approximate surface area is 126 Å². The maximum atomic E-state index is 5.34. The zero-order valence-electron chi connectivity index (χ0n) is 12.0. The number of benzene rings is 1. The molecule has 1 aromatic carbocycles. The lowest BCUT2D eigenvalue weighted by Gasteiger charge is -2.24. The molecule has 0 bridgehead atoms. The second kappa shape index (κ2) is 5.27. The van der Waals surface area contributed by atoms with Crippen LogP contribution < -0.4 is 10.1 Å². The smallest absolute Gasteiger partial charge is 0.179 e. The van der Waals surface area contributed by atoms with Crippen LogP contribution in [0.2, 0.25) is 0 Å². The molecular formula is C15H15N5O2. The molecule has 3 heterocycles.